The number of pyridine rings is 2. The van der Waals surface area contributed by atoms with E-state index >= 15 is 0 Å². The number of benzene rings is 1. The predicted octanol–water partition coefficient (Wildman–Crippen LogP) is 7.87. The zero-order valence-electron chi connectivity index (χ0n) is 28.8. The Kier molecular flexibility index (Phi) is 10.5. The zero-order chi connectivity index (χ0) is 34.6. The number of carbonyl (C=O) groups is 1. The summed E-state index contributed by atoms with van der Waals surface area (Å²) in [5.74, 6) is 3.51. The number of hydrogen-bond donors (Lipinski definition) is 3. The maximum atomic E-state index is 13.2. The first kappa shape index (κ1) is 34.6. The summed E-state index contributed by atoms with van der Waals surface area (Å²) in [5.41, 5.74) is 2.18. The second-order valence-electron chi connectivity index (χ2n) is 14.6. The van der Waals surface area contributed by atoms with Crippen molar-refractivity contribution in [3.05, 3.63) is 83.1 Å². The van der Waals surface area contributed by atoms with Crippen molar-refractivity contribution in [1.29, 1.82) is 0 Å². The molecule has 0 radical (unpaired) electrons. The van der Waals surface area contributed by atoms with Crippen LogP contribution < -0.4 is 24.8 Å². The molecule has 10 nitrogen and oxygen atoms in total. The minimum atomic E-state index is -0.382. The predicted molar refractivity (Wildman–Crippen MR) is 197 cm³/mol. The van der Waals surface area contributed by atoms with Gasteiger partial charge in [0.15, 0.2) is 5.82 Å². The highest BCUT2D eigenvalue weighted by Gasteiger charge is 2.54. The van der Waals surface area contributed by atoms with E-state index in [2.05, 4.69) is 39.3 Å². The second kappa shape index (κ2) is 15.2. The van der Waals surface area contributed by atoms with E-state index in [-0.39, 0.29) is 22.2 Å². The van der Waals surface area contributed by atoms with Gasteiger partial charge in [-0.05, 0) is 107 Å². The van der Waals surface area contributed by atoms with Gasteiger partial charge in [0.1, 0.15) is 28.4 Å². The van der Waals surface area contributed by atoms with Crippen molar-refractivity contribution in [1.82, 2.24) is 29.8 Å². The van der Waals surface area contributed by atoms with E-state index < -0.39 is 0 Å². The van der Waals surface area contributed by atoms with Crippen LogP contribution >= 0.6 is 23.5 Å². The van der Waals surface area contributed by atoms with Crippen molar-refractivity contribution in [2.75, 3.05) is 25.0 Å². The number of aromatic nitrogens is 4. The Morgan fingerprint density at radius 3 is 2.66 bits per heavy atom. The zero-order valence-corrected chi connectivity index (χ0v) is 30.4. The van der Waals surface area contributed by atoms with Crippen molar-refractivity contribution in [3.8, 4) is 17.4 Å². The summed E-state index contributed by atoms with van der Waals surface area (Å²) < 4.78 is 16.5. The fourth-order valence-electron chi connectivity index (χ4n) is 7.27. The molecule has 4 aromatic rings. The van der Waals surface area contributed by atoms with Crippen LogP contribution in [0.2, 0.25) is 5.15 Å². The van der Waals surface area contributed by atoms with E-state index in [1.807, 2.05) is 48.5 Å². The summed E-state index contributed by atoms with van der Waals surface area (Å²) in [6.45, 7) is 7.47. The van der Waals surface area contributed by atoms with Crippen molar-refractivity contribution in [2.24, 2.45) is 17.3 Å². The Morgan fingerprint density at radius 2 is 1.92 bits per heavy atom. The standard InChI is InChI=1S/C38H46ClN7O3S/c1-37(2)23-27(24-41-37)9-6-18-40-31-21-29(49-25-26-7-4-3-5-8-26)22-34(42-31)50-45-36(47)30-10-11-32(43-35(30)39)46-19-13-33(44-46)48-20-14-28-12-15-38(28)16-17-38/h3-5,7-8,10-11,13,19,21-22,27-28,41H,6,9,12,14-18,20,23-25H2,1-2H3,(H,40,42)(H,45,47)/t27-,28?/m0/s1. The molecule has 2 saturated carbocycles. The van der Waals surface area contributed by atoms with Gasteiger partial charge in [0.25, 0.3) is 5.91 Å². The minimum Gasteiger partial charge on any atom is -0.489 e. The Hall–Kier alpha value is -3.80. The summed E-state index contributed by atoms with van der Waals surface area (Å²) in [5, 5.41) is 12.2. The molecule has 1 amide bonds. The number of carbonyl (C=O) groups excluding carboxylic acids is 1. The van der Waals surface area contributed by atoms with Crippen LogP contribution in [-0.2, 0) is 6.61 Å². The monoisotopic (exact) mass is 715 g/mol. The fraction of sp³-hybridized carbons (Fsp3) is 0.474. The van der Waals surface area contributed by atoms with E-state index in [1.54, 1.807) is 23.0 Å². The highest BCUT2D eigenvalue weighted by atomic mass is 35.5. The Balaban J connectivity index is 0.940. The second-order valence-corrected chi connectivity index (χ2v) is 15.8. The number of hydrogen-bond acceptors (Lipinski definition) is 9. The Labute approximate surface area is 303 Å². The molecule has 3 N–H and O–H groups in total. The molecule has 1 aromatic carbocycles. The molecule has 7 rings (SSSR count). The number of anilines is 1. The van der Waals surface area contributed by atoms with Crippen LogP contribution in [0.1, 0.15) is 81.1 Å². The van der Waals surface area contributed by atoms with Gasteiger partial charge in [-0.15, -0.1) is 5.10 Å². The fourth-order valence-corrected chi connectivity index (χ4v) is 8.13. The van der Waals surface area contributed by atoms with Gasteiger partial charge in [0.05, 0.1) is 12.2 Å². The SMILES string of the molecule is CC1(C)C[C@H](CCCNc2cc(OCc3ccccc3)cc(SNC(=O)c3ccc(-n4ccc(OCCC5CCC56CC6)n4)nc3Cl)n2)CN1. The number of nitrogens with zero attached hydrogens (tertiary/aromatic N) is 4. The lowest BCUT2D eigenvalue weighted by molar-refractivity contribution is 0.0984. The number of nitrogens with one attached hydrogen (secondary N) is 3. The van der Waals surface area contributed by atoms with Gasteiger partial charge in [-0.1, -0.05) is 41.9 Å². The lowest BCUT2D eigenvalue weighted by Gasteiger charge is -2.37. The third-order valence-electron chi connectivity index (χ3n) is 10.4. The molecule has 50 heavy (non-hydrogen) atoms. The van der Waals surface area contributed by atoms with Crippen LogP contribution in [0, 0.1) is 17.3 Å². The maximum absolute atomic E-state index is 13.2. The molecular weight excluding hydrogens is 670 g/mol. The molecule has 1 unspecified atom stereocenters. The van der Waals surface area contributed by atoms with Crippen LogP contribution in [0.25, 0.3) is 5.82 Å². The van der Waals surface area contributed by atoms with Gasteiger partial charge in [0.2, 0.25) is 5.88 Å². The molecule has 1 saturated heterocycles. The lowest BCUT2D eigenvalue weighted by atomic mass is 9.69. The molecule has 2 aliphatic carbocycles. The van der Waals surface area contributed by atoms with Crippen LogP contribution in [0.3, 0.4) is 0 Å². The lowest BCUT2D eigenvalue weighted by Crippen LogP contribution is -2.31. The molecule has 4 heterocycles. The normalized spacial score (nSPS) is 19.9. The van der Waals surface area contributed by atoms with Crippen LogP contribution in [-0.4, -0.2) is 50.9 Å². The number of amides is 1. The number of ether oxygens (including phenoxy) is 2. The number of rotatable bonds is 16. The van der Waals surface area contributed by atoms with Gasteiger partial charge in [0, 0.05) is 48.4 Å². The van der Waals surface area contributed by atoms with Crippen molar-refractivity contribution in [3.63, 3.8) is 0 Å². The molecule has 0 bridgehead atoms. The van der Waals surface area contributed by atoms with Crippen LogP contribution in [0.5, 0.6) is 11.6 Å². The van der Waals surface area contributed by atoms with Crippen molar-refractivity contribution in [2.45, 2.75) is 82.4 Å². The minimum absolute atomic E-state index is 0.0781. The van der Waals surface area contributed by atoms with E-state index in [1.165, 1.54) is 32.1 Å². The largest absolute Gasteiger partial charge is 0.489 e. The Bertz CT molecular complexity index is 1780. The van der Waals surface area contributed by atoms with Crippen LogP contribution in [0.15, 0.2) is 71.9 Å². The van der Waals surface area contributed by atoms with E-state index in [9.17, 15) is 4.79 Å². The smallest absolute Gasteiger partial charge is 0.264 e. The molecule has 1 aliphatic heterocycles. The van der Waals surface area contributed by atoms with Gasteiger partial charge in [-0.3, -0.25) is 9.52 Å². The van der Waals surface area contributed by atoms with Crippen molar-refractivity contribution < 1.29 is 14.3 Å². The third-order valence-corrected chi connectivity index (χ3v) is 11.4. The summed E-state index contributed by atoms with van der Waals surface area (Å²) in [4.78, 5) is 22.4. The van der Waals surface area contributed by atoms with E-state index in [0.717, 1.165) is 55.8 Å². The molecule has 3 aliphatic rings. The van der Waals surface area contributed by atoms with Gasteiger partial charge < -0.3 is 20.1 Å². The Morgan fingerprint density at radius 1 is 1.06 bits per heavy atom. The van der Waals surface area contributed by atoms with Gasteiger partial charge >= 0.3 is 0 Å². The van der Waals surface area contributed by atoms with Gasteiger partial charge in [-0.2, -0.15) is 0 Å². The quantitative estimate of drug-likeness (QED) is 0.0606. The molecular formula is C38H46ClN7O3S. The topological polar surface area (TPSA) is 115 Å². The molecule has 3 aromatic heterocycles. The molecule has 2 atom stereocenters. The summed E-state index contributed by atoms with van der Waals surface area (Å²) >= 11 is 7.62. The van der Waals surface area contributed by atoms with Gasteiger partial charge in [-0.25, -0.2) is 14.6 Å². The average molecular weight is 716 g/mol. The van der Waals surface area contributed by atoms with E-state index in [0.29, 0.717) is 52.8 Å². The first-order valence-electron chi connectivity index (χ1n) is 17.7. The summed E-state index contributed by atoms with van der Waals surface area (Å²) in [7, 11) is 0. The molecule has 12 heteroatoms. The maximum Gasteiger partial charge on any atom is 0.264 e. The summed E-state index contributed by atoms with van der Waals surface area (Å²) in [6, 6.07) is 18.9. The summed E-state index contributed by atoms with van der Waals surface area (Å²) in [6.07, 6.45) is 11.7. The highest BCUT2D eigenvalue weighted by Crippen LogP contribution is 2.65. The first-order chi connectivity index (χ1) is 24.2. The average Bonchev–Trinajstić information content (AvgIpc) is 3.70. The van der Waals surface area contributed by atoms with Crippen LogP contribution in [0.4, 0.5) is 5.82 Å². The molecule has 1 spiro atoms. The number of halogens is 1. The highest BCUT2D eigenvalue weighted by molar-refractivity contribution is 7.97. The molecule has 3 fully saturated rings. The molecule has 264 valence electrons. The first-order valence-corrected chi connectivity index (χ1v) is 18.9. The third kappa shape index (κ3) is 8.73. The van der Waals surface area contributed by atoms with E-state index in [4.69, 9.17) is 26.1 Å². The van der Waals surface area contributed by atoms with Crippen molar-refractivity contribution >= 4 is 35.3 Å².